The zero-order chi connectivity index (χ0) is 16.8. The van der Waals surface area contributed by atoms with Crippen LogP contribution in [-0.4, -0.2) is 59.9 Å². The van der Waals surface area contributed by atoms with Crippen molar-refractivity contribution < 1.29 is 29.6 Å². The third kappa shape index (κ3) is 9.15. The Morgan fingerprint density at radius 2 is 1.50 bits per heavy atom. The zero-order valence-electron chi connectivity index (χ0n) is 13.6. The normalized spacial score (nSPS) is 11.5. The molecule has 0 amide bonds. The fraction of sp³-hybridized carbons (Fsp3) is 0.812. The van der Waals surface area contributed by atoms with E-state index in [4.69, 9.17) is 24.8 Å². The van der Waals surface area contributed by atoms with Gasteiger partial charge in [0.05, 0.1) is 12.2 Å². The van der Waals surface area contributed by atoms with Gasteiger partial charge in [-0.1, -0.05) is 6.58 Å². The maximum Gasteiger partial charge on any atom is 0.333 e. The quantitative estimate of drug-likeness (QED) is 0.253. The van der Waals surface area contributed by atoms with Crippen molar-refractivity contribution in [2.24, 2.45) is 0 Å². The molecular weight excluding hydrogens is 288 g/mol. The Labute approximate surface area is 132 Å². The van der Waals surface area contributed by atoms with E-state index in [1.807, 2.05) is 0 Å². The fourth-order valence-corrected chi connectivity index (χ4v) is 2.20. The minimum absolute atomic E-state index is 0.0424. The van der Waals surface area contributed by atoms with Crippen LogP contribution in [0.25, 0.3) is 0 Å². The second-order valence-electron chi connectivity index (χ2n) is 5.43. The Balaban J connectivity index is 4.66. The standard InChI is InChI=1S/C16H30O6/c1-14(2)15(20)21-13-8-16(6-3-9-17,7-4-10-18)22-12-5-11-19/h17-19H,1,3-13H2,2H3. The average molecular weight is 318 g/mol. The van der Waals surface area contributed by atoms with Crippen molar-refractivity contribution in [1.29, 1.82) is 0 Å². The molecule has 0 atom stereocenters. The minimum atomic E-state index is -0.560. The van der Waals surface area contributed by atoms with Crippen molar-refractivity contribution in [3.8, 4) is 0 Å². The van der Waals surface area contributed by atoms with Gasteiger partial charge < -0.3 is 24.8 Å². The second-order valence-corrected chi connectivity index (χ2v) is 5.43. The molecule has 0 bridgehead atoms. The van der Waals surface area contributed by atoms with Crippen molar-refractivity contribution in [2.75, 3.05) is 33.0 Å². The van der Waals surface area contributed by atoms with Crippen LogP contribution in [0.1, 0.15) is 45.4 Å². The van der Waals surface area contributed by atoms with Crippen molar-refractivity contribution in [3.05, 3.63) is 12.2 Å². The molecule has 0 aromatic heterocycles. The van der Waals surface area contributed by atoms with Gasteiger partial charge in [0.1, 0.15) is 0 Å². The van der Waals surface area contributed by atoms with Gasteiger partial charge in [-0.3, -0.25) is 0 Å². The van der Waals surface area contributed by atoms with Crippen molar-refractivity contribution in [2.45, 2.75) is 51.0 Å². The highest BCUT2D eigenvalue weighted by molar-refractivity contribution is 5.86. The summed E-state index contributed by atoms with van der Waals surface area (Å²) in [6, 6.07) is 0. The van der Waals surface area contributed by atoms with Gasteiger partial charge in [0, 0.05) is 38.4 Å². The molecule has 0 aliphatic carbocycles. The Kier molecular flexibility index (Phi) is 12.0. The number of aliphatic hydroxyl groups is 3. The van der Waals surface area contributed by atoms with Gasteiger partial charge >= 0.3 is 5.97 Å². The molecule has 6 nitrogen and oxygen atoms in total. The number of carbonyl (C=O) groups is 1. The number of hydrogen-bond donors (Lipinski definition) is 3. The van der Waals surface area contributed by atoms with Crippen LogP contribution in [0.15, 0.2) is 12.2 Å². The van der Waals surface area contributed by atoms with Gasteiger partial charge in [-0.2, -0.15) is 0 Å². The maximum absolute atomic E-state index is 11.4. The van der Waals surface area contributed by atoms with Gasteiger partial charge in [-0.25, -0.2) is 4.79 Å². The topological polar surface area (TPSA) is 96.2 Å². The molecule has 0 aliphatic heterocycles. The number of ether oxygens (including phenoxy) is 2. The van der Waals surface area contributed by atoms with Gasteiger partial charge in [-0.05, 0) is 39.0 Å². The van der Waals surface area contributed by atoms with E-state index in [1.54, 1.807) is 6.92 Å². The molecule has 0 saturated heterocycles. The van der Waals surface area contributed by atoms with Crippen LogP contribution in [-0.2, 0) is 14.3 Å². The summed E-state index contributed by atoms with van der Waals surface area (Å²) >= 11 is 0. The summed E-state index contributed by atoms with van der Waals surface area (Å²) in [5.41, 5.74) is -0.215. The van der Waals surface area contributed by atoms with Crippen molar-refractivity contribution in [3.63, 3.8) is 0 Å². The first-order valence-electron chi connectivity index (χ1n) is 7.80. The van der Waals surface area contributed by atoms with E-state index in [0.717, 1.165) is 0 Å². The molecular formula is C16H30O6. The summed E-state index contributed by atoms with van der Waals surface area (Å²) < 4.78 is 11.1. The molecule has 0 aliphatic rings. The van der Waals surface area contributed by atoms with Crippen LogP contribution >= 0.6 is 0 Å². The molecule has 6 heteroatoms. The Hall–Kier alpha value is -0.950. The van der Waals surface area contributed by atoms with Crippen LogP contribution in [0.5, 0.6) is 0 Å². The highest BCUT2D eigenvalue weighted by atomic mass is 16.5. The molecule has 0 saturated carbocycles. The van der Waals surface area contributed by atoms with E-state index in [9.17, 15) is 4.79 Å². The first-order valence-corrected chi connectivity index (χ1v) is 7.80. The van der Waals surface area contributed by atoms with Crippen molar-refractivity contribution in [1.82, 2.24) is 0 Å². The zero-order valence-corrected chi connectivity index (χ0v) is 13.6. The monoisotopic (exact) mass is 318 g/mol. The van der Waals surface area contributed by atoms with Gasteiger partial charge in [0.15, 0.2) is 0 Å². The largest absolute Gasteiger partial charge is 0.462 e. The summed E-state index contributed by atoms with van der Waals surface area (Å²) in [7, 11) is 0. The molecule has 0 aromatic rings. The second kappa shape index (κ2) is 12.6. The van der Waals surface area contributed by atoms with E-state index in [0.29, 0.717) is 50.7 Å². The summed E-state index contributed by atoms with van der Waals surface area (Å²) in [5, 5.41) is 27.0. The first kappa shape index (κ1) is 21.0. The van der Waals surface area contributed by atoms with Crippen molar-refractivity contribution >= 4 is 5.97 Å². The van der Waals surface area contributed by atoms with E-state index in [1.165, 1.54) is 0 Å². The minimum Gasteiger partial charge on any atom is -0.462 e. The first-order chi connectivity index (χ1) is 10.5. The Morgan fingerprint density at radius 3 is 1.95 bits per heavy atom. The van der Waals surface area contributed by atoms with Crippen LogP contribution in [0.3, 0.4) is 0 Å². The number of hydrogen-bond acceptors (Lipinski definition) is 6. The molecule has 3 N–H and O–H groups in total. The Bertz CT molecular complexity index is 308. The summed E-state index contributed by atoms with van der Waals surface area (Å²) in [6.07, 6.45) is 3.36. The van der Waals surface area contributed by atoms with Gasteiger partial charge in [0.2, 0.25) is 0 Å². The van der Waals surface area contributed by atoms with Gasteiger partial charge in [0.25, 0.3) is 0 Å². The SMILES string of the molecule is C=C(C)C(=O)OCCC(CCCO)(CCCO)OCCCO. The lowest BCUT2D eigenvalue weighted by Crippen LogP contribution is -2.36. The smallest absolute Gasteiger partial charge is 0.333 e. The number of aliphatic hydroxyl groups excluding tert-OH is 3. The highest BCUT2D eigenvalue weighted by Gasteiger charge is 2.30. The molecule has 0 aromatic carbocycles. The third-order valence-corrected chi connectivity index (χ3v) is 3.43. The van der Waals surface area contributed by atoms with Crippen LogP contribution < -0.4 is 0 Å². The van der Waals surface area contributed by atoms with Gasteiger partial charge in [-0.15, -0.1) is 0 Å². The average Bonchev–Trinajstić information content (AvgIpc) is 2.50. The van der Waals surface area contributed by atoms with Crippen LogP contribution in [0.2, 0.25) is 0 Å². The van der Waals surface area contributed by atoms with Crippen LogP contribution in [0.4, 0.5) is 0 Å². The molecule has 0 fully saturated rings. The highest BCUT2D eigenvalue weighted by Crippen LogP contribution is 2.29. The predicted octanol–water partition coefficient (Wildman–Crippen LogP) is 1.18. The number of rotatable bonds is 14. The lowest BCUT2D eigenvalue weighted by Gasteiger charge is -2.34. The van der Waals surface area contributed by atoms with E-state index < -0.39 is 11.6 Å². The van der Waals surface area contributed by atoms with E-state index in [-0.39, 0.29) is 26.4 Å². The molecule has 130 valence electrons. The maximum atomic E-state index is 11.4. The molecule has 0 unspecified atom stereocenters. The number of esters is 1. The molecule has 0 spiro atoms. The predicted molar refractivity (Wildman–Crippen MR) is 83.4 cm³/mol. The van der Waals surface area contributed by atoms with E-state index >= 15 is 0 Å². The summed E-state index contributed by atoms with van der Waals surface area (Å²) in [6.45, 7) is 5.85. The third-order valence-electron chi connectivity index (χ3n) is 3.43. The lowest BCUT2D eigenvalue weighted by molar-refractivity contribution is -0.142. The summed E-state index contributed by atoms with van der Waals surface area (Å²) in [4.78, 5) is 11.4. The van der Waals surface area contributed by atoms with Crippen LogP contribution in [0, 0.1) is 0 Å². The fourth-order valence-electron chi connectivity index (χ4n) is 2.20. The summed E-state index contributed by atoms with van der Waals surface area (Å²) in [5.74, 6) is -0.437. The van der Waals surface area contributed by atoms with E-state index in [2.05, 4.69) is 6.58 Å². The number of carbonyl (C=O) groups excluding carboxylic acids is 1. The lowest BCUT2D eigenvalue weighted by atomic mass is 9.88. The molecule has 0 heterocycles. The Morgan fingerprint density at radius 1 is 0.955 bits per heavy atom. The molecule has 0 rings (SSSR count). The molecule has 22 heavy (non-hydrogen) atoms. The molecule has 0 radical (unpaired) electrons.